The van der Waals surface area contributed by atoms with Gasteiger partial charge in [0.2, 0.25) is 0 Å². The minimum Gasteiger partial charge on any atom is -0.395 e. The number of carbonyl (C=O) groups excluding carboxylic acids is 1. The topological polar surface area (TPSA) is 49.3 Å². The van der Waals surface area contributed by atoms with Crippen LogP contribution in [0.3, 0.4) is 0 Å². The molecule has 0 bridgehead atoms. The summed E-state index contributed by atoms with van der Waals surface area (Å²) in [4.78, 5) is 11.3. The molecule has 4 heteroatoms. The van der Waals surface area contributed by atoms with Gasteiger partial charge in [-0.1, -0.05) is 12.1 Å². The average molecular weight is 197 g/mol. The Hall–Kier alpha value is -0.920. The molecule has 0 spiro atoms. The smallest absolute Gasteiger partial charge is 0.251 e. The van der Waals surface area contributed by atoms with Gasteiger partial charge in [-0.15, -0.1) is 9.24 Å². The van der Waals surface area contributed by atoms with E-state index < -0.39 is 0 Å². The number of nitrogens with one attached hydrogen (secondary N) is 1. The number of amides is 1. The first kappa shape index (κ1) is 10.2. The predicted octanol–water partition coefficient (Wildman–Crippen LogP) is -0.0909. The molecule has 0 fully saturated rings. The molecular formula is C9H12NO2P. The van der Waals surface area contributed by atoms with E-state index in [1.807, 2.05) is 12.1 Å². The number of hydrogen-bond donors (Lipinski definition) is 2. The van der Waals surface area contributed by atoms with Crippen molar-refractivity contribution in [2.75, 3.05) is 13.2 Å². The quantitative estimate of drug-likeness (QED) is 0.665. The van der Waals surface area contributed by atoms with E-state index in [1.54, 1.807) is 12.1 Å². The fraction of sp³-hybridized carbons (Fsp3) is 0.222. The molecule has 1 rings (SSSR count). The van der Waals surface area contributed by atoms with Crippen molar-refractivity contribution in [3.05, 3.63) is 29.8 Å². The zero-order chi connectivity index (χ0) is 9.68. The number of benzene rings is 1. The Morgan fingerprint density at radius 3 is 2.54 bits per heavy atom. The van der Waals surface area contributed by atoms with E-state index in [4.69, 9.17) is 5.11 Å². The summed E-state index contributed by atoms with van der Waals surface area (Å²) in [6.45, 7) is 0.259. The summed E-state index contributed by atoms with van der Waals surface area (Å²) in [6, 6.07) is 7.18. The molecule has 1 unspecified atom stereocenters. The van der Waals surface area contributed by atoms with Crippen LogP contribution in [0.1, 0.15) is 10.4 Å². The Labute approximate surface area is 79.4 Å². The highest BCUT2D eigenvalue weighted by Gasteiger charge is 2.02. The molecule has 0 aliphatic carbocycles. The Kier molecular flexibility index (Phi) is 3.87. The minimum atomic E-state index is -0.154. The summed E-state index contributed by atoms with van der Waals surface area (Å²) in [5, 5.41) is 12.1. The highest BCUT2D eigenvalue weighted by atomic mass is 31.0. The van der Waals surface area contributed by atoms with E-state index in [-0.39, 0.29) is 12.5 Å². The second-order valence-corrected chi connectivity index (χ2v) is 3.27. The molecule has 0 aliphatic rings. The monoisotopic (exact) mass is 197 g/mol. The average Bonchev–Trinajstić information content (AvgIpc) is 2.15. The predicted molar refractivity (Wildman–Crippen MR) is 55.2 cm³/mol. The summed E-state index contributed by atoms with van der Waals surface area (Å²) >= 11 is 0. The van der Waals surface area contributed by atoms with Gasteiger partial charge in [0.15, 0.2) is 0 Å². The number of carbonyl (C=O) groups is 1. The van der Waals surface area contributed by atoms with Gasteiger partial charge in [0, 0.05) is 12.1 Å². The molecule has 13 heavy (non-hydrogen) atoms. The lowest BCUT2D eigenvalue weighted by Gasteiger charge is -2.02. The number of rotatable bonds is 3. The SMILES string of the molecule is O=C(NCCO)c1ccc(P)cc1. The maximum absolute atomic E-state index is 11.3. The van der Waals surface area contributed by atoms with Crippen LogP contribution >= 0.6 is 9.24 Å². The lowest BCUT2D eigenvalue weighted by Crippen LogP contribution is -2.26. The lowest BCUT2D eigenvalue weighted by atomic mass is 10.2. The number of aliphatic hydroxyl groups excluding tert-OH is 1. The van der Waals surface area contributed by atoms with Crippen molar-refractivity contribution in [1.29, 1.82) is 0 Å². The second kappa shape index (κ2) is 4.95. The Bertz CT molecular complexity index is 284. The van der Waals surface area contributed by atoms with E-state index in [2.05, 4.69) is 14.6 Å². The molecule has 0 radical (unpaired) electrons. The summed E-state index contributed by atoms with van der Waals surface area (Å²) in [7, 11) is 2.55. The van der Waals surface area contributed by atoms with Crippen LogP contribution in [0, 0.1) is 0 Å². The highest BCUT2D eigenvalue weighted by molar-refractivity contribution is 7.27. The van der Waals surface area contributed by atoms with Crippen molar-refractivity contribution in [2.45, 2.75) is 0 Å². The summed E-state index contributed by atoms with van der Waals surface area (Å²) in [5.74, 6) is -0.154. The second-order valence-electron chi connectivity index (χ2n) is 2.60. The Balaban J connectivity index is 2.61. The van der Waals surface area contributed by atoms with Crippen LogP contribution in [0.5, 0.6) is 0 Å². The van der Waals surface area contributed by atoms with Crippen LogP contribution < -0.4 is 10.6 Å². The largest absolute Gasteiger partial charge is 0.395 e. The van der Waals surface area contributed by atoms with Crippen LogP contribution in [-0.2, 0) is 0 Å². The van der Waals surface area contributed by atoms with E-state index in [0.717, 1.165) is 5.30 Å². The van der Waals surface area contributed by atoms with E-state index in [9.17, 15) is 4.79 Å². The van der Waals surface area contributed by atoms with E-state index >= 15 is 0 Å². The molecule has 1 aromatic carbocycles. The first-order chi connectivity index (χ1) is 6.24. The highest BCUT2D eigenvalue weighted by Crippen LogP contribution is 1.98. The molecule has 0 heterocycles. The van der Waals surface area contributed by atoms with Gasteiger partial charge in [0.1, 0.15) is 0 Å². The maximum Gasteiger partial charge on any atom is 0.251 e. The van der Waals surface area contributed by atoms with E-state index in [1.165, 1.54) is 0 Å². The van der Waals surface area contributed by atoms with Crippen LogP contribution in [0.4, 0.5) is 0 Å². The van der Waals surface area contributed by atoms with Crippen LogP contribution in [0.25, 0.3) is 0 Å². The molecular weight excluding hydrogens is 185 g/mol. The van der Waals surface area contributed by atoms with Crippen LogP contribution in [0.2, 0.25) is 0 Å². The maximum atomic E-state index is 11.3. The molecule has 0 aliphatic heterocycles. The molecule has 0 saturated carbocycles. The minimum absolute atomic E-state index is 0.0343. The summed E-state index contributed by atoms with van der Waals surface area (Å²) < 4.78 is 0. The molecule has 0 saturated heterocycles. The lowest BCUT2D eigenvalue weighted by molar-refractivity contribution is 0.0945. The molecule has 2 N–H and O–H groups in total. The van der Waals surface area contributed by atoms with Gasteiger partial charge in [-0.3, -0.25) is 4.79 Å². The number of aliphatic hydroxyl groups is 1. The Morgan fingerprint density at radius 2 is 2.00 bits per heavy atom. The molecule has 70 valence electrons. The Morgan fingerprint density at radius 1 is 1.38 bits per heavy atom. The van der Waals surface area contributed by atoms with Gasteiger partial charge in [-0.2, -0.15) is 0 Å². The molecule has 0 aromatic heterocycles. The van der Waals surface area contributed by atoms with Gasteiger partial charge >= 0.3 is 0 Å². The molecule has 1 amide bonds. The number of hydrogen-bond acceptors (Lipinski definition) is 2. The van der Waals surface area contributed by atoms with Crippen molar-refractivity contribution in [3.63, 3.8) is 0 Å². The van der Waals surface area contributed by atoms with Crippen LogP contribution in [-0.4, -0.2) is 24.2 Å². The first-order valence-electron chi connectivity index (χ1n) is 3.98. The third kappa shape index (κ3) is 3.13. The van der Waals surface area contributed by atoms with Crippen molar-refractivity contribution < 1.29 is 9.90 Å². The third-order valence-electron chi connectivity index (χ3n) is 1.57. The van der Waals surface area contributed by atoms with Gasteiger partial charge in [0.05, 0.1) is 6.61 Å². The molecule has 1 atom stereocenters. The first-order valence-corrected chi connectivity index (χ1v) is 4.56. The fourth-order valence-electron chi connectivity index (χ4n) is 0.906. The normalized spacial score (nSPS) is 9.69. The molecule has 1 aromatic rings. The van der Waals surface area contributed by atoms with Gasteiger partial charge < -0.3 is 10.4 Å². The zero-order valence-electron chi connectivity index (χ0n) is 7.16. The van der Waals surface area contributed by atoms with E-state index in [0.29, 0.717) is 12.1 Å². The van der Waals surface area contributed by atoms with Crippen LogP contribution in [0.15, 0.2) is 24.3 Å². The van der Waals surface area contributed by atoms with Crippen molar-refractivity contribution in [1.82, 2.24) is 5.32 Å². The van der Waals surface area contributed by atoms with Crippen molar-refractivity contribution in [2.24, 2.45) is 0 Å². The fourth-order valence-corrected chi connectivity index (χ4v) is 1.10. The summed E-state index contributed by atoms with van der Waals surface area (Å²) in [5.41, 5.74) is 0.611. The van der Waals surface area contributed by atoms with Crippen molar-refractivity contribution in [3.8, 4) is 0 Å². The van der Waals surface area contributed by atoms with Gasteiger partial charge in [-0.05, 0) is 17.4 Å². The van der Waals surface area contributed by atoms with Gasteiger partial charge in [-0.25, -0.2) is 0 Å². The third-order valence-corrected chi connectivity index (χ3v) is 1.96. The zero-order valence-corrected chi connectivity index (χ0v) is 8.31. The molecule has 3 nitrogen and oxygen atoms in total. The van der Waals surface area contributed by atoms with Gasteiger partial charge in [0.25, 0.3) is 5.91 Å². The summed E-state index contributed by atoms with van der Waals surface area (Å²) in [6.07, 6.45) is 0. The van der Waals surface area contributed by atoms with Crippen molar-refractivity contribution >= 4 is 20.5 Å². The standard InChI is InChI=1S/C9H12NO2P/c11-6-5-10-9(12)7-1-3-8(13)4-2-7/h1-4,11H,5-6,13H2,(H,10,12).